The zero-order chi connectivity index (χ0) is 23.8. The molecule has 1 aliphatic heterocycles. The second-order valence-corrected chi connectivity index (χ2v) is 7.15. The maximum Gasteiger partial charge on any atom is 0.433 e. The van der Waals surface area contributed by atoms with Crippen LogP contribution in [0.5, 0.6) is 0 Å². The van der Waals surface area contributed by atoms with Crippen LogP contribution in [0.1, 0.15) is 16.8 Å². The topological polar surface area (TPSA) is 78.4 Å². The average Bonchev–Trinajstić information content (AvgIpc) is 3.00. The molecule has 1 fully saturated rings. The van der Waals surface area contributed by atoms with Crippen LogP contribution in [0.2, 0.25) is 5.02 Å². The summed E-state index contributed by atoms with van der Waals surface area (Å²) in [5.41, 5.74) is -2.32. The Hall–Kier alpha value is -3.09. The molecule has 1 N–H and O–H groups in total. The molecule has 0 saturated carbocycles. The van der Waals surface area contributed by atoms with Crippen molar-refractivity contribution >= 4 is 29.4 Å². The number of benzene rings is 1. The largest absolute Gasteiger partial charge is 0.433 e. The van der Waals surface area contributed by atoms with Gasteiger partial charge in [0.2, 0.25) is 5.91 Å². The SMILES string of the molecule is CN1C(=O)N(c2cc(C(F)(F)F)ncn2)C[C@H]1C(=O)NCc1cccc(C(F)(F)F)c1Cl. The molecule has 2 aromatic rings. The Morgan fingerprint density at radius 1 is 1.19 bits per heavy atom. The fourth-order valence-electron chi connectivity index (χ4n) is 3.03. The first kappa shape index (κ1) is 23.6. The first-order valence-electron chi connectivity index (χ1n) is 8.86. The van der Waals surface area contributed by atoms with Crippen molar-refractivity contribution in [1.82, 2.24) is 20.2 Å². The average molecular weight is 482 g/mol. The Labute approximate surface area is 182 Å². The Morgan fingerprint density at radius 3 is 2.50 bits per heavy atom. The smallest absolute Gasteiger partial charge is 0.350 e. The minimum atomic E-state index is -4.76. The fraction of sp³-hybridized carbons (Fsp3) is 0.333. The van der Waals surface area contributed by atoms with Crippen LogP contribution >= 0.6 is 11.6 Å². The lowest BCUT2D eigenvalue weighted by atomic mass is 10.1. The molecule has 172 valence electrons. The summed E-state index contributed by atoms with van der Waals surface area (Å²) in [5.74, 6) is -1.08. The summed E-state index contributed by atoms with van der Waals surface area (Å²) >= 11 is 5.79. The molecule has 1 saturated heterocycles. The monoisotopic (exact) mass is 481 g/mol. The van der Waals surface area contributed by atoms with Crippen LogP contribution < -0.4 is 10.2 Å². The van der Waals surface area contributed by atoms with Gasteiger partial charge < -0.3 is 10.2 Å². The molecular weight excluding hydrogens is 468 g/mol. The predicted molar refractivity (Wildman–Crippen MR) is 99.6 cm³/mol. The van der Waals surface area contributed by atoms with E-state index in [1.54, 1.807) is 0 Å². The van der Waals surface area contributed by atoms with E-state index >= 15 is 0 Å². The van der Waals surface area contributed by atoms with Crippen molar-refractivity contribution in [3.8, 4) is 0 Å². The van der Waals surface area contributed by atoms with E-state index in [0.29, 0.717) is 12.4 Å². The first-order chi connectivity index (χ1) is 14.8. The van der Waals surface area contributed by atoms with Gasteiger partial charge in [0, 0.05) is 19.7 Å². The maximum absolute atomic E-state index is 13.0. The predicted octanol–water partition coefficient (Wildman–Crippen LogP) is 3.72. The van der Waals surface area contributed by atoms with E-state index in [4.69, 9.17) is 11.6 Å². The van der Waals surface area contributed by atoms with Crippen LogP contribution in [0, 0.1) is 0 Å². The Balaban J connectivity index is 1.74. The van der Waals surface area contributed by atoms with E-state index in [1.165, 1.54) is 13.1 Å². The summed E-state index contributed by atoms with van der Waals surface area (Å²) in [4.78, 5) is 33.6. The number of aromatic nitrogens is 2. The highest BCUT2D eigenvalue weighted by Gasteiger charge is 2.42. The van der Waals surface area contributed by atoms with E-state index in [-0.39, 0.29) is 24.5 Å². The maximum atomic E-state index is 13.0. The van der Waals surface area contributed by atoms with Gasteiger partial charge in [-0.25, -0.2) is 14.8 Å². The molecule has 7 nitrogen and oxygen atoms in total. The van der Waals surface area contributed by atoms with E-state index < -0.39 is 46.6 Å². The summed E-state index contributed by atoms with van der Waals surface area (Å²) in [7, 11) is 1.26. The van der Waals surface area contributed by atoms with Gasteiger partial charge in [-0.05, 0) is 11.6 Å². The number of hydrogen-bond acceptors (Lipinski definition) is 4. The quantitative estimate of drug-likeness (QED) is 0.675. The summed E-state index contributed by atoms with van der Waals surface area (Å²) < 4.78 is 77.6. The molecule has 3 rings (SSSR count). The molecule has 1 aliphatic rings. The molecule has 0 spiro atoms. The van der Waals surface area contributed by atoms with Crippen molar-refractivity contribution in [2.24, 2.45) is 0 Å². The van der Waals surface area contributed by atoms with Gasteiger partial charge in [-0.15, -0.1) is 0 Å². The number of nitrogens with one attached hydrogen (secondary N) is 1. The van der Waals surface area contributed by atoms with E-state index in [0.717, 1.165) is 21.9 Å². The van der Waals surface area contributed by atoms with Gasteiger partial charge in [-0.1, -0.05) is 23.7 Å². The molecule has 3 amide bonds. The normalized spacial score (nSPS) is 17.1. The zero-order valence-corrected chi connectivity index (χ0v) is 16.9. The fourth-order valence-corrected chi connectivity index (χ4v) is 3.33. The molecule has 1 aromatic carbocycles. The van der Waals surface area contributed by atoms with Gasteiger partial charge >= 0.3 is 18.4 Å². The van der Waals surface area contributed by atoms with Crippen LogP contribution in [0.15, 0.2) is 30.6 Å². The van der Waals surface area contributed by atoms with Crippen molar-refractivity contribution in [3.63, 3.8) is 0 Å². The number of anilines is 1. The number of likely N-dealkylation sites (N-methyl/N-ethyl adjacent to an activating group) is 1. The number of alkyl halides is 6. The Bertz CT molecular complexity index is 1050. The molecule has 1 aromatic heterocycles. The van der Waals surface area contributed by atoms with E-state index in [1.807, 2.05) is 0 Å². The summed E-state index contributed by atoms with van der Waals surface area (Å²) in [6, 6.07) is 1.90. The van der Waals surface area contributed by atoms with Crippen LogP contribution in [-0.2, 0) is 23.7 Å². The van der Waals surface area contributed by atoms with Crippen molar-refractivity contribution in [2.45, 2.75) is 24.9 Å². The lowest BCUT2D eigenvalue weighted by Gasteiger charge is -2.18. The van der Waals surface area contributed by atoms with Crippen molar-refractivity contribution in [3.05, 3.63) is 52.4 Å². The standard InChI is InChI=1S/C18H14ClF6N5O2/c1-29-11(7-30(16(29)32)13-5-12(18(23,24)25)27-8-28-13)15(31)26-6-9-3-2-4-10(14(9)19)17(20,21)22/h2-5,8,11H,6-7H2,1H3,(H,26,31)/t11-/m0/s1. The van der Waals surface area contributed by atoms with Crippen LogP contribution in [0.3, 0.4) is 0 Å². The molecule has 0 unspecified atom stereocenters. The molecule has 14 heteroatoms. The van der Waals surface area contributed by atoms with Crippen molar-refractivity contribution in [2.75, 3.05) is 18.5 Å². The summed E-state index contributed by atoms with van der Waals surface area (Å²) in [6.07, 6.45) is -8.79. The number of amides is 3. The van der Waals surface area contributed by atoms with E-state index in [9.17, 15) is 35.9 Å². The van der Waals surface area contributed by atoms with Gasteiger partial charge in [0.25, 0.3) is 0 Å². The zero-order valence-electron chi connectivity index (χ0n) is 16.1. The Kier molecular flexibility index (Phi) is 6.22. The van der Waals surface area contributed by atoms with Gasteiger partial charge in [-0.2, -0.15) is 26.3 Å². The highest BCUT2D eigenvalue weighted by atomic mass is 35.5. The third-order valence-corrected chi connectivity index (χ3v) is 5.16. The van der Waals surface area contributed by atoms with Crippen molar-refractivity contribution < 1.29 is 35.9 Å². The van der Waals surface area contributed by atoms with Gasteiger partial charge in [0.1, 0.15) is 23.9 Å². The molecule has 1 atom stereocenters. The lowest BCUT2D eigenvalue weighted by Crippen LogP contribution is -2.43. The summed E-state index contributed by atoms with van der Waals surface area (Å²) in [6.45, 7) is -0.683. The van der Waals surface area contributed by atoms with Gasteiger partial charge in [-0.3, -0.25) is 9.69 Å². The third kappa shape index (κ3) is 4.71. The number of halogens is 7. The van der Waals surface area contributed by atoms with Gasteiger partial charge in [0.05, 0.1) is 17.1 Å². The van der Waals surface area contributed by atoms with Crippen molar-refractivity contribution in [1.29, 1.82) is 0 Å². The highest BCUT2D eigenvalue weighted by molar-refractivity contribution is 6.32. The minimum Gasteiger partial charge on any atom is -0.350 e. The molecule has 0 radical (unpaired) electrons. The van der Waals surface area contributed by atoms with Crippen LogP contribution in [0.4, 0.5) is 37.0 Å². The number of nitrogens with zero attached hydrogens (tertiary/aromatic N) is 4. The second-order valence-electron chi connectivity index (χ2n) is 6.77. The number of carbonyl (C=O) groups excluding carboxylic acids is 2. The molecule has 0 aliphatic carbocycles. The molecular formula is C18H14ClF6N5O2. The number of urea groups is 1. The third-order valence-electron chi connectivity index (χ3n) is 4.72. The van der Waals surface area contributed by atoms with E-state index in [2.05, 4.69) is 15.3 Å². The lowest BCUT2D eigenvalue weighted by molar-refractivity contribution is -0.141. The van der Waals surface area contributed by atoms with Crippen LogP contribution in [0.25, 0.3) is 0 Å². The number of rotatable bonds is 4. The molecule has 2 heterocycles. The summed E-state index contributed by atoms with van der Waals surface area (Å²) in [5, 5.41) is 1.82. The molecule has 0 bridgehead atoms. The second kappa shape index (κ2) is 8.45. The minimum absolute atomic E-state index is 0.00398. The highest BCUT2D eigenvalue weighted by Crippen LogP contribution is 2.36. The number of carbonyl (C=O) groups is 2. The first-order valence-corrected chi connectivity index (χ1v) is 9.24. The molecule has 32 heavy (non-hydrogen) atoms. The van der Waals surface area contributed by atoms with Crippen LogP contribution in [-0.4, -0.2) is 46.4 Å². The van der Waals surface area contributed by atoms with Gasteiger partial charge in [0.15, 0.2) is 0 Å². The Morgan fingerprint density at radius 2 is 1.88 bits per heavy atom. The number of hydrogen-bond donors (Lipinski definition) is 1.